The Labute approximate surface area is 137 Å². The summed E-state index contributed by atoms with van der Waals surface area (Å²) in [5.74, 6) is 0.562. The van der Waals surface area contributed by atoms with E-state index in [2.05, 4.69) is 10.3 Å². The van der Waals surface area contributed by atoms with Crippen LogP contribution in [0.4, 0.5) is 0 Å². The van der Waals surface area contributed by atoms with Crippen molar-refractivity contribution in [2.75, 3.05) is 0 Å². The topological polar surface area (TPSA) is 68.0 Å². The molecule has 1 amide bonds. The number of fused-ring (bicyclic) bond motifs is 1. The lowest BCUT2D eigenvalue weighted by Gasteiger charge is -2.24. The molecule has 0 aliphatic heterocycles. The Hall–Kier alpha value is -1.94. The number of para-hydroxylation sites is 1. The van der Waals surface area contributed by atoms with Gasteiger partial charge in [0.2, 0.25) is 5.91 Å². The van der Waals surface area contributed by atoms with Crippen LogP contribution in [-0.2, 0) is 11.3 Å². The van der Waals surface area contributed by atoms with Crippen LogP contribution >= 0.6 is 0 Å². The Kier molecular flexibility index (Phi) is 5.23. The molecule has 2 aromatic rings. The van der Waals surface area contributed by atoms with Gasteiger partial charge in [-0.1, -0.05) is 56.4 Å². The average molecular weight is 311 g/mol. The van der Waals surface area contributed by atoms with Gasteiger partial charge in [-0.2, -0.15) is 0 Å². The van der Waals surface area contributed by atoms with Gasteiger partial charge in [0.05, 0.1) is 11.6 Å². The van der Waals surface area contributed by atoms with Crippen molar-refractivity contribution >= 4 is 16.8 Å². The number of pyridine rings is 1. The minimum atomic E-state index is -0.402. The molecule has 1 aliphatic carbocycles. The van der Waals surface area contributed by atoms with Gasteiger partial charge < -0.3 is 11.1 Å². The largest absolute Gasteiger partial charge is 0.351 e. The molecule has 1 aromatic carbocycles. The molecule has 3 rings (SSSR count). The van der Waals surface area contributed by atoms with Crippen LogP contribution < -0.4 is 11.1 Å². The van der Waals surface area contributed by atoms with E-state index in [-0.39, 0.29) is 5.91 Å². The summed E-state index contributed by atoms with van der Waals surface area (Å²) < 4.78 is 0. The molecule has 1 aromatic heterocycles. The Morgan fingerprint density at radius 2 is 2.00 bits per heavy atom. The SMILES string of the molecule is NC(CC1CCCCC1)C(=O)NCc1cccc2cccnc12. The molecule has 1 atom stereocenters. The van der Waals surface area contributed by atoms with Crippen LogP contribution in [0.25, 0.3) is 10.9 Å². The molecule has 1 unspecified atom stereocenters. The van der Waals surface area contributed by atoms with E-state index in [1.165, 1.54) is 32.1 Å². The third-order valence-corrected chi connectivity index (χ3v) is 4.82. The fourth-order valence-corrected chi connectivity index (χ4v) is 3.51. The summed E-state index contributed by atoms with van der Waals surface area (Å²) in [5, 5.41) is 4.07. The number of nitrogens with one attached hydrogen (secondary N) is 1. The number of hydrogen-bond acceptors (Lipinski definition) is 3. The normalized spacial score (nSPS) is 17.1. The summed E-state index contributed by atoms with van der Waals surface area (Å²) in [6.45, 7) is 0.478. The van der Waals surface area contributed by atoms with E-state index >= 15 is 0 Å². The smallest absolute Gasteiger partial charge is 0.237 e. The van der Waals surface area contributed by atoms with E-state index in [0.717, 1.165) is 22.9 Å². The van der Waals surface area contributed by atoms with Gasteiger partial charge in [-0.3, -0.25) is 9.78 Å². The maximum Gasteiger partial charge on any atom is 0.237 e. The van der Waals surface area contributed by atoms with Crippen LogP contribution in [0.2, 0.25) is 0 Å². The Balaban J connectivity index is 1.57. The van der Waals surface area contributed by atoms with Gasteiger partial charge in [-0.25, -0.2) is 0 Å². The van der Waals surface area contributed by atoms with Crippen molar-refractivity contribution in [2.24, 2.45) is 11.7 Å². The van der Waals surface area contributed by atoms with Crippen LogP contribution in [0.3, 0.4) is 0 Å². The lowest BCUT2D eigenvalue weighted by atomic mass is 9.85. The first kappa shape index (κ1) is 15.9. The Morgan fingerprint density at radius 1 is 1.22 bits per heavy atom. The van der Waals surface area contributed by atoms with Gasteiger partial charge in [0.1, 0.15) is 0 Å². The second-order valence-electron chi connectivity index (χ2n) is 6.56. The van der Waals surface area contributed by atoms with Crippen molar-refractivity contribution in [3.05, 3.63) is 42.1 Å². The summed E-state index contributed by atoms with van der Waals surface area (Å²) in [4.78, 5) is 16.7. The maximum absolute atomic E-state index is 12.3. The summed E-state index contributed by atoms with van der Waals surface area (Å²) >= 11 is 0. The summed E-state index contributed by atoms with van der Waals surface area (Å²) in [7, 11) is 0. The first-order valence-electron chi connectivity index (χ1n) is 8.60. The molecule has 4 nitrogen and oxygen atoms in total. The zero-order valence-electron chi connectivity index (χ0n) is 13.5. The van der Waals surface area contributed by atoms with Gasteiger partial charge >= 0.3 is 0 Å². The molecule has 1 heterocycles. The van der Waals surface area contributed by atoms with Crippen molar-refractivity contribution < 1.29 is 4.79 Å². The minimum Gasteiger partial charge on any atom is -0.351 e. The van der Waals surface area contributed by atoms with E-state index in [0.29, 0.717) is 12.5 Å². The van der Waals surface area contributed by atoms with E-state index < -0.39 is 6.04 Å². The molecule has 1 aliphatic rings. The second kappa shape index (κ2) is 7.55. The maximum atomic E-state index is 12.3. The van der Waals surface area contributed by atoms with Crippen molar-refractivity contribution in [1.82, 2.24) is 10.3 Å². The highest BCUT2D eigenvalue weighted by Gasteiger charge is 2.21. The van der Waals surface area contributed by atoms with E-state index in [4.69, 9.17) is 5.73 Å². The molecular formula is C19H25N3O. The minimum absolute atomic E-state index is 0.0523. The third-order valence-electron chi connectivity index (χ3n) is 4.82. The molecule has 0 radical (unpaired) electrons. The molecule has 23 heavy (non-hydrogen) atoms. The van der Waals surface area contributed by atoms with E-state index in [9.17, 15) is 4.79 Å². The molecule has 3 N–H and O–H groups in total. The van der Waals surface area contributed by atoms with Gasteiger partial charge in [-0.15, -0.1) is 0 Å². The highest BCUT2D eigenvalue weighted by molar-refractivity contribution is 5.84. The number of benzene rings is 1. The number of hydrogen-bond donors (Lipinski definition) is 2. The van der Waals surface area contributed by atoms with E-state index in [1.54, 1.807) is 6.20 Å². The summed E-state index contributed by atoms with van der Waals surface area (Å²) in [5.41, 5.74) is 8.07. The standard InChI is InChI=1S/C19H25N3O/c20-17(12-14-6-2-1-3-7-14)19(23)22-13-16-9-4-8-15-10-5-11-21-18(15)16/h4-5,8-11,14,17H,1-3,6-7,12-13,20H2,(H,22,23). The first-order valence-corrected chi connectivity index (χ1v) is 8.60. The molecule has 0 bridgehead atoms. The number of carbonyl (C=O) groups excluding carboxylic acids is 1. The molecule has 4 heteroatoms. The molecular weight excluding hydrogens is 286 g/mol. The number of aromatic nitrogens is 1. The molecule has 122 valence electrons. The lowest BCUT2D eigenvalue weighted by molar-refractivity contribution is -0.122. The predicted molar refractivity (Wildman–Crippen MR) is 92.8 cm³/mol. The average Bonchev–Trinajstić information content (AvgIpc) is 2.60. The Bertz CT molecular complexity index is 659. The molecule has 0 saturated heterocycles. The number of carbonyl (C=O) groups is 1. The predicted octanol–water partition coefficient (Wildman–Crippen LogP) is 3.15. The lowest BCUT2D eigenvalue weighted by Crippen LogP contribution is -2.41. The number of nitrogens with two attached hydrogens (primary N) is 1. The van der Waals surface area contributed by atoms with Crippen LogP contribution in [0.5, 0.6) is 0 Å². The monoisotopic (exact) mass is 311 g/mol. The highest BCUT2D eigenvalue weighted by Crippen LogP contribution is 2.27. The molecule has 1 saturated carbocycles. The highest BCUT2D eigenvalue weighted by atomic mass is 16.2. The first-order chi connectivity index (χ1) is 11.2. The van der Waals surface area contributed by atoms with E-state index in [1.807, 2.05) is 30.3 Å². The van der Waals surface area contributed by atoms with Crippen molar-refractivity contribution in [2.45, 2.75) is 51.1 Å². The van der Waals surface area contributed by atoms with Crippen molar-refractivity contribution in [3.63, 3.8) is 0 Å². The molecule has 0 spiro atoms. The van der Waals surface area contributed by atoms with Crippen LogP contribution in [0.1, 0.15) is 44.1 Å². The molecule has 1 fully saturated rings. The second-order valence-corrected chi connectivity index (χ2v) is 6.56. The van der Waals surface area contributed by atoms with Gasteiger partial charge in [-0.05, 0) is 24.0 Å². The van der Waals surface area contributed by atoms with Crippen LogP contribution in [-0.4, -0.2) is 16.9 Å². The van der Waals surface area contributed by atoms with Crippen molar-refractivity contribution in [1.29, 1.82) is 0 Å². The summed E-state index contributed by atoms with van der Waals surface area (Å²) in [6.07, 6.45) is 8.90. The zero-order valence-corrected chi connectivity index (χ0v) is 13.5. The number of rotatable bonds is 5. The Morgan fingerprint density at radius 3 is 2.83 bits per heavy atom. The fourth-order valence-electron chi connectivity index (χ4n) is 3.51. The van der Waals surface area contributed by atoms with Crippen molar-refractivity contribution in [3.8, 4) is 0 Å². The zero-order chi connectivity index (χ0) is 16.1. The van der Waals surface area contributed by atoms with Gasteiger partial charge in [0.15, 0.2) is 0 Å². The quantitative estimate of drug-likeness (QED) is 0.891. The number of amides is 1. The van der Waals surface area contributed by atoms with Gasteiger partial charge in [0.25, 0.3) is 0 Å². The van der Waals surface area contributed by atoms with Crippen LogP contribution in [0.15, 0.2) is 36.5 Å². The summed E-state index contributed by atoms with van der Waals surface area (Å²) in [6, 6.07) is 9.58. The fraction of sp³-hybridized carbons (Fsp3) is 0.474. The van der Waals surface area contributed by atoms with Gasteiger partial charge in [0, 0.05) is 18.1 Å². The number of nitrogens with zero attached hydrogens (tertiary/aromatic N) is 1. The van der Waals surface area contributed by atoms with Crippen LogP contribution in [0, 0.1) is 5.92 Å². The third kappa shape index (κ3) is 4.08.